The van der Waals surface area contributed by atoms with Gasteiger partial charge in [0.1, 0.15) is 16.7 Å². The standard InChI is InChI=1S/C28H24N2O3S/c1-20(31)29-22-14-18-26(19-15-22)34-27(21-8-4-2-5-9-21)28(32)30-23-12-16-25(17-13-23)33-24-10-6-3-7-11-24/h2-19,27H,1H3,(H,29,31)(H,30,32). The van der Waals surface area contributed by atoms with Crippen molar-refractivity contribution in [1.29, 1.82) is 0 Å². The molecule has 0 spiro atoms. The molecule has 4 rings (SSSR count). The molecule has 0 aliphatic carbocycles. The van der Waals surface area contributed by atoms with Crippen molar-refractivity contribution in [2.45, 2.75) is 17.1 Å². The van der Waals surface area contributed by atoms with Crippen molar-refractivity contribution >= 4 is 35.0 Å². The number of benzene rings is 4. The third kappa shape index (κ3) is 6.49. The minimum atomic E-state index is -0.451. The molecular weight excluding hydrogens is 444 g/mol. The lowest BCUT2D eigenvalue weighted by Crippen LogP contribution is -2.19. The molecule has 1 unspecified atom stereocenters. The Kier molecular flexibility index (Phi) is 7.63. The Hall–Kier alpha value is -4.03. The Bertz CT molecular complexity index is 1230. The predicted molar refractivity (Wildman–Crippen MR) is 137 cm³/mol. The number of carbonyl (C=O) groups excluding carboxylic acids is 2. The molecule has 1 atom stereocenters. The van der Waals surface area contributed by atoms with E-state index in [4.69, 9.17) is 4.74 Å². The molecule has 0 aliphatic rings. The molecule has 0 saturated heterocycles. The third-order valence-corrected chi connectivity index (χ3v) is 6.14. The van der Waals surface area contributed by atoms with Crippen molar-refractivity contribution < 1.29 is 14.3 Å². The SMILES string of the molecule is CC(=O)Nc1ccc(SC(C(=O)Nc2ccc(Oc3ccccc3)cc2)c2ccccc2)cc1. The normalized spacial score (nSPS) is 11.3. The van der Waals surface area contributed by atoms with Crippen LogP contribution in [0.2, 0.25) is 0 Å². The molecule has 5 nitrogen and oxygen atoms in total. The molecule has 34 heavy (non-hydrogen) atoms. The highest BCUT2D eigenvalue weighted by Crippen LogP contribution is 2.37. The van der Waals surface area contributed by atoms with Gasteiger partial charge < -0.3 is 15.4 Å². The zero-order chi connectivity index (χ0) is 23.8. The Morgan fingerprint density at radius 1 is 0.676 bits per heavy atom. The van der Waals surface area contributed by atoms with Crippen LogP contribution in [0.1, 0.15) is 17.7 Å². The zero-order valence-corrected chi connectivity index (χ0v) is 19.4. The van der Waals surface area contributed by atoms with Gasteiger partial charge in [0, 0.05) is 23.2 Å². The fraction of sp³-hybridized carbons (Fsp3) is 0.0714. The number of anilines is 2. The maximum absolute atomic E-state index is 13.3. The van der Waals surface area contributed by atoms with Gasteiger partial charge in [-0.05, 0) is 66.2 Å². The zero-order valence-electron chi connectivity index (χ0n) is 18.6. The molecule has 4 aromatic rings. The van der Waals surface area contributed by atoms with Crippen LogP contribution in [0.25, 0.3) is 0 Å². The summed E-state index contributed by atoms with van der Waals surface area (Å²) in [5.74, 6) is 1.20. The van der Waals surface area contributed by atoms with Crippen LogP contribution in [0.15, 0.2) is 114 Å². The number of thioether (sulfide) groups is 1. The highest BCUT2D eigenvalue weighted by Gasteiger charge is 2.22. The lowest BCUT2D eigenvalue weighted by molar-refractivity contribution is -0.116. The van der Waals surface area contributed by atoms with E-state index in [0.29, 0.717) is 11.4 Å². The second kappa shape index (κ2) is 11.2. The largest absolute Gasteiger partial charge is 0.457 e. The summed E-state index contributed by atoms with van der Waals surface area (Å²) in [6.45, 7) is 1.47. The van der Waals surface area contributed by atoms with Gasteiger partial charge in [0.05, 0.1) is 0 Å². The molecule has 2 N–H and O–H groups in total. The van der Waals surface area contributed by atoms with Gasteiger partial charge in [0.2, 0.25) is 11.8 Å². The monoisotopic (exact) mass is 468 g/mol. The molecule has 0 fully saturated rings. The summed E-state index contributed by atoms with van der Waals surface area (Å²) in [7, 11) is 0. The van der Waals surface area contributed by atoms with Crippen molar-refractivity contribution in [2.24, 2.45) is 0 Å². The quantitative estimate of drug-likeness (QED) is 0.276. The topological polar surface area (TPSA) is 67.4 Å². The second-order valence-corrected chi connectivity index (χ2v) is 8.72. The Labute approximate surface area is 203 Å². The van der Waals surface area contributed by atoms with E-state index in [1.807, 2.05) is 109 Å². The van der Waals surface area contributed by atoms with Crippen LogP contribution >= 0.6 is 11.8 Å². The van der Waals surface area contributed by atoms with Crippen LogP contribution in [0.4, 0.5) is 11.4 Å². The fourth-order valence-electron chi connectivity index (χ4n) is 3.30. The maximum atomic E-state index is 13.3. The minimum absolute atomic E-state index is 0.123. The van der Waals surface area contributed by atoms with Crippen LogP contribution in [0.5, 0.6) is 11.5 Å². The highest BCUT2D eigenvalue weighted by atomic mass is 32.2. The molecule has 0 heterocycles. The van der Waals surface area contributed by atoms with Crippen LogP contribution in [-0.2, 0) is 9.59 Å². The number of ether oxygens (including phenoxy) is 1. The van der Waals surface area contributed by atoms with Crippen LogP contribution in [-0.4, -0.2) is 11.8 Å². The Morgan fingerprint density at radius 2 is 1.21 bits per heavy atom. The molecule has 170 valence electrons. The van der Waals surface area contributed by atoms with Gasteiger partial charge in [-0.15, -0.1) is 11.8 Å². The first-order valence-electron chi connectivity index (χ1n) is 10.8. The van der Waals surface area contributed by atoms with Crippen molar-refractivity contribution in [1.82, 2.24) is 0 Å². The van der Waals surface area contributed by atoms with Gasteiger partial charge in [-0.2, -0.15) is 0 Å². The maximum Gasteiger partial charge on any atom is 0.242 e. The Morgan fingerprint density at radius 3 is 1.82 bits per heavy atom. The van der Waals surface area contributed by atoms with Crippen LogP contribution < -0.4 is 15.4 Å². The number of rotatable bonds is 8. The number of nitrogens with one attached hydrogen (secondary N) is 2. The summed E-state index contributed by atoms with van der Waals surface area (Å²) in [6.07, 6.45) is 0. The first-order valence-corrected chi connectivity index (χ1v) is 11.7. The van der Waals surface area contributed by atoms with Gasteiger partial charge in [0.15, 0.2) is 0 Å². The van der Waals surface area contributed by atoms with Gasteiger partial charge in [-0.1, -0.05) is 48.5 Å². The minimum Gasteiger partial charge on any atom is -0.457 e. The first-order chi connectivity index (χ1) is 16.6. The lowest BCUT2D eigenvalue weighted by Gasteiger charge is -2.17. The summed E-state index contributed by atoms with van der Waals surface area (Å²) in [5.41, 5.74) is 2.31. The molecule has 0 radical (unpaired) electrons. The molecule has 0 saturated carbocycles. The third-order valence-electron chi connectivity index (χ3n) is 4.87. The summed E-state index contributed by atoms with van der Waals surface area (Å²) in [6, 6.07) is 34.0. The summed E-state index contributed by atoms with van der Waals surface area (Å²) >= 11 is 1.45. The number of hydrogen-bond acceptors (Lipinski definition) is 4. The number of carbonyl (C=O) groups is 2. The van der Waals surface area contributed by atoms with E-state index in [2.05, 4.69) is 10.6 Å². The molecule has 0 bridgehead atoms. The molecule has 0 aliphatic heterocycles. The van der Waals surface area contributed by atoms with Gasteiger partial charge in [0.25, 0.3) is 0 Å². The van der Waals surface area contributed by atoms with E-state index in [1.165, 1.54) is 18.7 Å². The van der Waals surface area contributed by atoms with Crippen molar-refractivity contribution in [2.75, 3.05) is 10.6 Å². The second-order valence-electron chi connectivity index (χ2n) is 7.54. The molecule has 4 aromatic carbocycles. The van der Waals surface area contributed by atoms with Crippen molar-refractivity contribution in [3.63, 3.8) is 0 Å². The predicted octanol–water partition coefficient (Wildman–Crippen LogP) is 6.91. The average molecular weight is 469 g/mol. The number of hydrogen-bond donors (Lipinski definition) is 2. The highest BCUT2D eigenvalue weighted by molar-refractivity contribution is 8.00. The van der Waals surface area contributed by atoms with E-state index in [9.17, 15) is 9.59 Å². The number of para-hydroxylation sites is 1. The van der Waals surface area contributed by atoms with Crippen molar-refractivity contribution in [3.05, 3.63) is 115 Å². The van der Waals surface area contributed by atoms with Crippen molar-refractivity contribution in [3.8, 4) is 11.5 Å². The van der Waals surface area contributed by atoms with Gasteiger partial charge in [-0.3, -0.25) is 9.59 Å². The summed E-state index contributed by atoms with van der Waals surface area (Å²) in [5, 5.41) is 5.32. The summed E-state index contributed by atoms with van der Waals surface area (Å²) in [4.78, 5) is 25.5. The number of amides is 2. The first kappa shape index (κ1) is 23.1. The van der Waals surface area contributed by atoms with E-state index >= 15 is 0 Å². The molecule has 6 heteroatoms. The van der Waals surface area contributed by atoms with E-state index < -0.39 is 5.25 Å². The summed E-state index contributed by atoms with van der Waals surface area (Å²) < 4.78 is 5.82. The van der Waals surface area contributed by atoms with Gasteiger partial charge >= 0.3 is 0 Å². The molecule has 0 aromatic heterocycles. The average Bonchev–Trinajstić information content (AvgIpc) is 2.85. The lowest BCUT2D eigenvalue weighted by atomic mass is 10.1. The van der Waals surface area contributed by atoms with Gasteiger partial charge in [-0.25, -0.2) is 0 Å². The molecular formula is C28H24N2O3S. The fourth-order valence-corrected chi connectivity index (χ4v) is 4.32. The van der Waals surface area contributed by atoms with Crippen LogP contribution in [0, 0.1) is 0 Å². The van der Waals surface area contributed by atoms with E-state index in [1.54, 1.807) is 0 Å². The van der Waals surface area contributed by atoms with E-state index in [0.717, 1.165) is 21.9 Å². The van der Waals surface area contributed by atoms with E-state index in [-0.39, 0.29) is 11.8 Å². The molecule has 2 amide bonds. The van der Waals surface area contributed by atoms with Crippen LogP contribution in [0.3, 0.4) is 0 Å². The Balaban J connectivity index is 1.47. The smallest absolute Gasteiger partial charge is 0.242 e.